The van der Waals surface area contributed by atoms with Gasteiger partial charge in [0, 0.05) is 12.6 Å². The van der Waals surface area contributed by atoms with Gasteiger partial charge >= 0.3 is 8.56 Å². The molecular weight excluding hydrogens is 180 g/mol. The van der Waals surface area contributed by atoms with Crippen molar-refractivity contribution in [2.75, 3.05) is 0 Å². The number of para-hydroxylation sites is 2. The fourth-order valence-corrected chi connectivity index (χ4v) is 3.45. The second kappa shape index (κ2) is 2.92. The van der Waals surface area contributed by atoms with Gasteiger partial charge in [0.2, 0.25) is 0 Å². The summed E-state index contributed by atoms with van der Waals surface area (Å²) >= 11 is 0. The first-order chi connectivity index (χ1) is 6.23. The predicted molar refractivity (Wildman–Crippen MR) is 54.3 cm³/mol. The summed E-state index contributed by atoms with van der Waals surface area (Å²) in [6.07, 6.45) is 1.86. The van der Waals surface area contributed by atoms with Gasteiger partial charge in [-0.25, -0.2) is 0 Å². The smallest absolute Gasteiger partial charge is 0.461 e. The molecule has 0 N–H and O–H groups in total. The summed E-state index contributed by atoms with van der Waals surface area (Å²) in [4.78, 5) is 0. The zero-order valence-corrected chi connectivity index (χ0v) is 8.62. The zero-order chi connectivity index (χ0) is 9.31. The minimum absolute atomic E-state index is 0.821. The predicted octanol–water partition coefficient (Wildman–Crippen LogP) is 2.72. The lowest BCUT2D eigenvalue weighted by Gasteiger charge is -2.16. The van der Waals surface area contributed by atoms with Gasteiger partial charge in [0.15, 0.2) is 0 Å². The van der Waals surface area contributed by atoms with Crippen molar-refractivity contribution in [3.05, 3.63) is 36.9 Å². The Bertz CT molecular complexity index is 310. The first kappa shape index (κ1) is 8.38. The maximum atomic E-state index is 5.78. The van der Waals surface area contributed by atoms with E-state index >= 15 is 0 Å². The average molecular weight is 192 g/mol. The monoisotopic (exact) mass is 192 g/mol. The highest BCUT2D eigenvalue weighted by molar-refractivity contribution is 6.68. The molecule has 0 aliphatic carbocycles. The van der Waals surface area contributed by atoms with E-state index in [0.29, 0.717) is 0 Å². The highest BCUT2D eigenvalue weighted by Gasteiger charge is 2.40. The lowest BCUT2D eigenvalue weighted by atomic mass is 10.3. The van der Waals surface area contributed by atoms with E-state index in [1.165, 1.54) is 0 Å². The third-order valence-corrected chi connectivity index (χ3v) is 4.35. The number of rotatable bonds is 2. The van der Waals surface area contributed by atoms with Crippen molar-refractivity contribution in [1.82, 2.24) is 0 Å². The Kier molecular flexibility index (Phi) is 1.88. The molecule has 0 fully saturated rings. The molecule has 3 heteroatoms. The third kappa shape index (κ3) is 1.47. The lowest BCUT2D eigenvalue weighted by molar-refractivity contribution is 0.466. The van der Waals surface area contributed by atoms with E-state index in [1.807, 2.05) is 30.3 Å². The van der Waals surface area contributed by atoms with Crippen molar-refractivity contribution in [2.45, 2.75) is 12.6 Å². The molecule has 0 saturated carbocycles. The Hall–Kier alpha value is -1.22. The van der Waals surface area contributed by atoms with Crippen molar-refractivity contribution in [3.63, 3.8) is 0 Å². The molecule has 0 spiro atoms. The fourth-order valence-electron chi connectivity index (χ4n) is 1.45. The van der Waals surface area contributed by atoms with E-state index in [-0.39, 0.29) is 0 Å². The van der Waals surface area contributed by atoms with Gasteiger partial charge in [-0.2, -0.15) is 0 Å². The molecule has 0 amide bonds. The van der Waals surface area contributed by atoms with Gasteiger partial charge in [-0.05, 0) is 12.1 Å². The number of hydrogen-bond acceptors (Lipinski definition) is 2. The molecule has 1 aromatic carbocycles. The molecule has 0 bridgehead atoms. The van der Waals surface area contributed by atoms with Gasteiger partial charge < -0.3 is 8.85 Å². The SMILES string of the molecule is C=CC[Si]1(C)Oc2ccccc2O1. The molecule has 13 heavy (non-hydrogen) atoms. The summed E-state index contributed by atoms with van der Waals surface area (Å²) in [7, 11) is -2.01. The Morgan fingerprint density at radius 1 is 1.31 bits per heavy atom. The maximum absolute atomic E-state index is 5.78. The van der Waals surface area contributed by atoms with Gasteiger partial charge in [0.25, 0.3) is 0 Å². The summed E-state index contributed by atoms with van der Waals surface area (Å²) in [5.41, 5.74) is 0. The summed E-state index contributed by atoms with van der Waals surface area (Å²) in [5.74, 6) is 1.75. The van der Waals surface area contributed by atoms with E-state index in [0.717, 1.165) is 17.5 Å². The Balaban J connectivity index is 2.26. The van der Waals surface area contributed by atoms with Crippen LogP contribution in [-0.4, -0.2) is 8.56 Å². The summed E-state index contributed by atoms with van der Waals surface area (Å²) < 4.78 is 11.6. The second-order valence-corrected chi connectivity index (χ2v) is 6.36. The number of allylic oxidation sites excluding steroid dienone is 1. The first-order valence-electron chi connectivity index (χ1n) is 4.31. The summed E-state index contributed by atoms with van der Waals surface area (Å²) in [6.45, 7) is 5.76. The van der Waals surface area contributed by atoms with Crippen LogP contribution in [0.25, 0.3) is 0 Å². The van der Waals surface area contributed by atoms with Crippen LogP contribution in [0, 0.1) is 0 Å². The Morgan fingerprint density at radius 2 is 1.85 bits per heavy atom. The second-order valence-electron chi connectivity index (χ2n) is 3.28. The van der Waals surface area contributed by atoms with Crippen molar-refractivity contribution in [3.8, 4) is 11.5 Å². The minimum Gasteiger partial charge on any atom is -0.509 e. The van der Waals surface area contributed by atoms with Crippen molar-refractivity contribution >= 4 is 8.56 Å². The van der Waals surface area contributed by atoms with Gasteiger partial charge in [-0.15, -0.1) is 6.58 Å². The fraction of sp³-hybridized carbons (Fsp3) is 0.200. The topological polar surface area (TPSA) is 18.5 Å². The molecule has 0 unspecified atom stereocenters. The van der Waals surface area contributed by atoms with Crippen molar-refractivity contribution in [1.29, 1.82) is 0 Å². The molecule has 1 aliphatic heterocycles. The van der Waals surface area contributed by atoms with Crippen molar-refractivity contribution in [2.24, 2.45) is 0 Å². The molecule has 0 radical (unpaired) electrons. The largest absolute Gasteiger partial charge is 0.509 e. The third-order valence-electron chi connectivity index (χ3n) is 2.02. The molecule has 0 saturated heterocycles. The Labute approximate surface area is 79.1 Å². The highest BCUT2D eigenvalue weighted by atomic mass is 28.4. The van der Waals surface area contributed by atoms with Crippen LogP contribution >= 0.6 is 0 Å². The molecule has 1 heterocycles. The molecule has 0 atom stereocenters. The zero-order valence-electron chi connectivity index (χ0n) is 7.62. The standard InChI is InChI=1S/C10H12O2Si/c1-3-8-13(2)11-9-6-4-5-7-10(9)12-13/h3-7H,1,8H2,2H3. The molecule has 0 aromatic heterocycles. The van der Waals surface area contributed by atoms with Gasteiger partial charge in [-0.1, -0.05) is 18.2 Å². The van der Waals surface area contributed by atoms with E-state index in [9.17, 15) is 0 Å². The first-order valence-corrected chi connectivity index (χ1v) is 6.84. The number of fused-ring (bicyclic) bond motifs is 1. The molecule has 1 aliphatic rings. The molecule has 68 valence electrons. The molecule has 2 rings (SSSR count). The van der Waals surface area contributed by atoms with Crippen LogP contribution in [-0.2, 0) is 0 Å². The molecule has 2 nitrogen and oxygen atoms in total. The van der Waals surface area contributed by atoms with Crippen molar-refractivity contribution < 1.29 is 8.85 Å². The summed E-state index contributed by atoms with van der Waals surface area (Å²) in [6, 6.07) is 8.61. The number of benzene rings is 1. The Morgan fingerprint density at radius 3 is 2.31 bits per heavy atom. The normalized spacial score (nSPS) is 17.0. The number of hydrogen-bond donors (Lipinski definition) is 0. The van der Waals surface area contributed by atoms with Crippen LogP contribution in [0.15, 0.2) is 36.9 Å². The lowest BCUT2D eigenvalue weighted by Crippen LogP contribution is -2.40. The highest BCUT2D eigenvalue weighted by Crippen LogP contribution is 2.38. The maximum Gasteiger partial charge on any atom is 0.461 e. The van der Waals surface area contributed by atoms with Crippen LogP contribution < -0.4 is 8.85 Å². The van der Waals surface area contributed by atoms with Crippen LogP contribution in [0.1, 0.15) is 0 Å². The van der Waals surface area contributed by atoms with Gasteiger partial charge in [-0.3, -0.25) is 0 Å². The van der Waals surface area contributed by atoms with E-state index in [2.05, 4.69) is 13.1 Å². The summed E-state index contributed by atoms with van der Waals surface area (Å²) in [5, 5.41) is 0. The minimum atomic E-state index is -2.01. The molecule has 1 aromatic rings. The van der Waals surface area contributed by atoms with Gasteiger partial charge in [0.1, 0.15) is 11.5 Å². The quantitative estimate of drug-likeness (QED) is 0.530. The van der Waals surface area contributed by atoms with E-state index < -0.39 is 8.56 Å². The van der Waals surface area contributed by atoms with Gasteiger partial charge in [0.05, 0.1) is 0 Å². The van der Waals surface area contributed by atoms with E-state index in [4.69, 9.17) is 8.85 Å². The van der Waals surface area contributed by atoms with Crippen LogP contribution in [0.5, 0.6) is 11.5 Å². The van der Waals surface area contributed by atoms with Crippen LogP contribution in [0.2, 0.25) is 12.6 Å². The van der Waals surface area contributed by atoms with Crippen LogP contribution in [0.3, 0.4) is 0 Å². The molecular formula is C10H12O2Si. The van der Waals surface area contributed by atoms with E-state index in [1.54, 1.807) is 0 Å². The van der Waals surface area contributed by atoms with Crippen LogP contribution in [0.4, 0.5) is 0 Å². The average Bonchev–Trinajstić information content (AvgIpc) is 2.40.